The maximum atomic E-state index is 13.9. The van der Waals surface area contributed by atoms with Crippen molar-refractivity contribution in [2.45, 2.75) is 37.7 Å². The summed E-state index contributed by atoms with van der Waals surface area (Å²) in [4.78, 5) is 0. The summed E-state index contributed by atoms with van der Waals surface area (Å²) >= 11 is 6.32. The van der Waals surface area contributed by atoms with Gasteiger partial charge >= 0.3 is 0 Å². The highest BCUT2D eigenvalue weighted by Crippen LogP contribution is 2.40. The molecule has 0 heterocycles. The second-order valence-corrected chi connectivity index (χ2v) is 5.53. The van der Waals surface area contributed by atoms with E-state index in [-0.39, 0.29) is 11.2 Å². The van der Waals surface area contributed by atoms with Crippen molar-refractivity contribution in [2.24, 2.45) is 5.92 Å². The van der Waals surface area contributed by atoms with E-state index in [1.807, 2.05) is 6.92 Å². The van der Waals surface area contributed by atoms with Crippen LogP contribution < -0.4 is 4.74 Å². The van der Waals surface area contributed by atoms with Crippen molar-refractivity contribution in [1.29, 1.82) is 0 Å². The van der Waals surface area contributed by atoms with Gasteiger partial charge in [-0.25, -0.2) is 4.39 Å². The Hall–Kier alpha value is -0.800. The first-order valence-electron chi connectivity index (χ1n) is 6.73. The first-order chi connectivity index (χ1) is 9.13. The lowest BCUT2D eigenvalue weighted by molar-refractivity contribution is -0.0267. The molecule has 0 aliphatic heterocycles. The summed E-state index contributed by atoms with van der Waals surface area (Å²) < 4.78 is 24.4. The number of rotatable bonds is 6. The molecule has 2 rings (SSSR count). The van der Waals surface area contributed by atoms with Crippen LogP contribution in [-0.2, 0) is 4.74 Å². The van der Waals surface area contributed by atoms with Gasteiger partial charge in [0.15, 0.2) is 0 Å². The van der Waals surface area contributed by atoms with E-state index in [0.717, 1.165) is 25.9 Å². The smallest absolute Gasteiger partial charge is 0.131 e. The van der Waals surface area contributed by atoms with Gasteiger partial charge in [-0.1, -0.05) is 6.07 Å². The van der Waals surface area contributed by atoms with Crippen molar-refractivity contribution in [2.75, 3.05) is 13.7 Å². The topological polar surface area (TPSA) is 18.5 Å². The summed E-state index contributed by atoms with van der Waals surface area (Å²) in [5.41, 5.74) is 0.558. The molecule has 0 aromatic heterocycles. The Morgan fingerprint density at radius 1 is 1.42 bits per heavy atom. The number of hydrogen-bond acceptors (Lipinski definition) is 2. The Morgan fingerprint density at radius 2 is 2.16 bits per heavy atom. The van der Waals surface area contributed by atoms with Crippen molar-refractivity contribution >= 4 is 11.6 Å². The first-order valence-corrected chi connectivity index (χ1v) is 7.16. The maximum Gasteiger partial charge on any atom is 0.131 e. The average Bonchev–Trinajstić information content (AvgIpc) is 2.35. The normalized spacial score (nSPS) is 23.8. The first kappa shape index (κ1) is 14.6. The van der Waals surface area contributed by atoms with Crippen molar-refractivity contribution in [3.63, 3.8) is 0 Å². The Labute approximate surface area is 118 Å². The van der Waals surface area contributed by atoms with E-state index >= 15 is 0 Å². The lowest BCUT2D eigenvalue weighted by Gasteiger charge is -2.36. The van der Waals surface area contributed by atoms with E-state index in [1.54, 1.807) is 12.1 Å². The van der Waals surface area contributed by atoms with Crippen LogP contribution in [0.4, 0.5) is 4.39 Å². The zero-order valence-electron chi connectivity index (χ0n) is 11.4. The van der Waals surface area contributed by atoms with E-state index < -0.39 is 0 Å². The number of alkyl halides is 1. The molecule has 1 aliphatic carbocycles. The number of ether oxygens (including phenoxy) is 2. The fraction of sp³-hybridized carbons (Fsp3) is 0.600. The van der Waals surface area contributed by atoms with Gasteiger partial charge in [0.05, 0.1) is 18.6 Å². The minimum absolute atomic E-state index is 0.279. The van der Waals surface area contributed by atoms with E-state index in [4.69, 9.17) is 21.1 Å². The molecule has 1 fully saturated rings. The fourth-order valence-corrected chi connectivity index (χ4v) is 2.98. The Morgan fingerprint density at radius 3 is 2.74 bits per heavy atom. The minimum Gasteiger partial charge on any atom is -0.497 e. The van der Waals surface area contributed by atoms with Crippen molar-refractivity contribution < 1.29 is 13.9 Å². The number of hydrogen-bond donors (Lipinski definition) is 0. The van der Waals surface area contributed by atoms with Gasteiger partial charge in [-0.2, -0.15) is 0 Å². The van der Waals surface area contributed by atoms with Crippen LogP contribution in [0.15, 0.2) is 18.2 Å². The summed E-state index contributed by atoms with van der Waals surface area (Å²) in [5.74, 6) is 0.769. The van der Waals surface area contributed by atoms with Crippen LogP contribution in [-0.4, -0.2) is 19.8 Å². The molecule has 19 heavy (non-hydrogen) atoms. The standard InChI is InChI=1S/C15H20ClFO2/c1-3-19-12-6-10(7-12)8-14(16)13-5-4-11(18-2)9-15(13)17/h4-5,9-10,12,14H,3,6-8H2,1-2H3. The zero-order valence-corrected chi connectivity index (χ0v) is 12.1. The quantitative estimate of drug-likeness (QED) is 0.725. The number of methoxy groups -OCH3 is 1. The molecule has 0 bridgehead atoms. The lowest BCUT2D eigenvalue weighted by Crippen LogP contribution is -2.31. The molecule has 0 spiro atoms. The number of benzene rings is 1. The Bertz CT molecular complexity index is 419. The van der Waals surface area contributed by atoms with Gasteiger partial charge in [0.25, 0.3) is 0 Å². The molecule has 1 saturated carbocycles. The highest BCUT2D eigenvalue weighted by atomic mass is 35.5. The van der Waals surface area contributed by atoms with Crippen LogP contribution in [0.1, 0.15) is 37.1 Å². The second kappa shape index (κ2) is 6.58. The summed E-state index contributed by atoms with van der Waals surface area (Å²) in [6.07, 6.45) is 3.25. The third-order valence-electron chi connectivity index (χ3n) is 3.68. The molecule has 0 amide bonds. The van der Waals surface area contributed by atoms with Crippen LogP contribution in [0.2, 0.25) is 0 Å². The fourth-order valence-electron chi connectivity index (χ4n) is 2.55. The van der Waals surface area contributed by atoms with Gasteiger partial charge in [0, 0.05) is 18.2 Å². The minimum atomic E-state index is -0.292. The molecule has 1 aromatic rings. The highest BCUT2D eigenvalue weighted by Gasteiger charge is 2.31. The summed E-state index contributed by atoms with van der Waals surface area (Å²) in [6.45, 7) is 2.76. The largest absolute Gasteiger partial charge is 0.497 e. The maximum absolute atomic E-state index is 13.9. The molecule has 4 heteroatoms. The van der Waals surface area contributed by atoms with E-state index in [1.165, 1.54) is 13.2 Å². The zero-order chi connectivity index (χ0) is 13.8. The third-order valence-corrected chi connectivity index (χ3v) is 4.09. The molecular weight excluding hydrogens is 267 g/mol. The molecule has 1 unspecified atom stereocenters. The molecule has 1 aliphatic rings. The van der Waals surface area contributed by atoms with Gasteiger partial charge in [-0.15, -0.1) is 11.6 Å². The second-order valence-electron chi connectivity index (χ2n) is 5.01. The van der Waals surface area contributed by atoms with Crippen LogP contribution in [0.5, 0.6) is 5.75 Å². The molecule has 106 valence electrons. The Kier molecular flexibility index (Phi) is 5.06. The Balaban J connectivity index is 1.88. The SMILES string of the molecule is CCOC1CC(CC(Cl)c2ccc(OC)cc2F)C1. The van der Waals surface area contributed by atoms with Crippen LogP contribution in [0.25, 0.3) is 0 Å². The van der Waals surface area contributed by atoms with Crippen LogP contribution >= 0.6 is 11.6 Å². The monoisotopic (exact) mass is 286 g/mol. The van der Waals surface area contributed by atoms with Gasteiger partial charge in [0.2, 0.25) is 0 Å². The predicted octanol–water partition coefficient (Wildman–Crippen LogP) is 4.32. The molecular formula is C15H20ClFO2. The average molecular weight is 287 g/mol. The summed E-state index contributed by atoms with van der Waals surface area (Å²) in [5, 5.41) is -0.279. The summed E-state index contributed by atoms with van der Waals surface area (Å²) in [7, 11) is 1.52. The molecule has 1 aromatic carbocycles. The van der Waals surface area contributed by atoms with Crippen LogP contribution in [0.3, 0.4) is 0 Å². The predicted molar refractivity (Wildman–Crippen MR) is 74.3 cm³/mol. The third kappa shape index (κ3) is 3.61. The highest BCUT2D eigenvalue weighted by molar-refractivity contribution is 6.20. The van der Waals surface area contributed by atoms with Gasteiger partial charge in [-0.05, 0) is 38.2 Å². The van der Waals surface area contributed by atoms with Crippen molar-refractivity contribution in [3.8, 4) is 5.75 Å². The number of halogens is 2. The van der Waals surface area contributed by atoms with E-state index in [0.29, 0.717) is 23.3 Å². The summed E-state index contributed by atoms with van der Waals surface area (Å²) in [6, 6.07) is 4.84. The van der Waals surface area contributed by atoms with Crippen molar-refractivity contribution in [1.82, 2.24) is 0 Å². The van der Waals surface area contributed by atoms with Crippen molar-refractivity contribution in [3.05, 3.63) is 29.6 Å². The van der Waals surface area contributed by atoms with Gasteiger partial charge in [-0.3, -0.25) is 0 Å². The molecule has 0 N–H and O–H groups in total. The van der Waals surface area contributed by atoms with E-state index in [9.17, 15) is 4.39 Å². The molecule has 2 nitrogen and oxygen atoms in total. The van der Waals surface area contributed by atoms with Gasteiger partial charge in [0.1, 0.15) is 11.6 Å². The lowest BCUT2D eigenvalue weighted by atomic mass is 9.78. The molecule has 0 saturated heterocycles. The van der Waals surface area contributed by atoms with Crippen LogP contribution in [0, 0.1) is 11.7 Å². The molecule has 1 atom stereocenters. The molecule has 0 radical (unpaired) electrons. The van der Waals surface area contributed by atoms with Gasteiger partial charge < -0.3 is 9.47 Å². The van der Waals surface area contributed by atoms with E-state index in [2.05, 4.69) is 0 Å².